The first-order chi connectivity index (χ1) is 9.26. The highest BCUT2D eigenvalue weighted by Crippen LogP contribution is 2.28. The van der Waals surface area contributed by atoms with Gasteiger partial charge in [0.05, 0.1) is 10.2 Å². The van der Waals surface area contributed by atoms with Crippen molar-refractivity contribution in [2.75, 3.05) is 25.0 Å². The number of benzene rings is 1. The number of rotatable bonds is 6. The standard InChI is InChI=1S/C14H18ClN3S/c1-2-18(11-4-5-11)8-7-16-14-17-12-6-3-10(15)9-13(12)19-14/h3,6,9,11H,2,4-5,7-8H2,1H3,(H,16,17). The van der Waals surface area contributed by atoms with Crippen molar-refractivity contribution in [2.45, 2.75) is 25.8 Å². The molecule has 0 atom stereocenters. The van der Waals surface area contributed by atoms with Crippen molar-refractivity contribution in [2.24, 2.45) is 0 Å². The molecule has 1 heterocycles. The summed E-state index contributed by atoms with van der Waals surface area (Å²) in [7, 11) is 0. The van der Waals surface area contributed by atoms with Gasteiger partial charge in [-0.15, -0.1) is 0 Å². The summed E-state index contributed by atoms with van der Waals surface area (Å²) in [6, 6.07) is 6.67. The SMILES string of the molecule is CCN(CCNc1nc2ccc(Cl)cc2s1)C1CC1. The molecule has 3 rings (SSSR count). The summed E-state index contributed by atoms with van der Waals surface area (Å²) in [5, 5.41) is 5.19. The van der Waals surface area contributed by atoms with Crippen molar-refractivity contribution in [3.05, 3.63) is 23.2 Å². The van der Waals surface area contributed by atoms with E-state index in [0.717, 1.165) is 46.0 Å². The maximum absolute atomic E-state index is 5.99. The van der Waals surface area contributed by atoms with Crippen molar-refractivity contribution in [3.8, 4) is 0 Å². The molecule has 5 heteroatoms. The van der Waals surface area contributed by atoms with Crippen LogP contribution in [0.25, 0.3) is 10.2 Å². The molecule has 3 nitrogen and oxygen atoms in total. The minimum atomic E-state index is 0.772. The van der Waals surface area contributed by atoms with Crippen LogP contribution in [0.1, 0.15) is 19.8 Å². The highest BCUT2D eigenvalue weighted by Gasteiger charge is 2.27. The van der Waals surface area contributed by atoms with Gasteiger partial charge >= 0.3 is 0 Å². The average Bonchev–Trinajstić information content (AvgIpc) is 3.15. The molecule has 1 aliphatic rings. The highest BCUT2D eigenvalue weighted by atomic mass is 35.5. The van der Waals surface area contributed by atoms with Gasteiger partial charge in [-0.2, -0.15) is 0 Å². The van der Waals surface area contributed by atoms with Gasteiger partial charge in [0.2, 0.25) is 0 Å². The number of halogens is 1. The Morgan fingerprint density at radius 1 is 1.47 bits per heavy atom. The van der Waals surface area contributed by atoms with E-state index in [1.165, 1.54) is 12.8 Å². The van der Waals surface area contributed by atoms with E-state index in [2.05, 4.69) is 22.1 Å². The zero-order valence-electron chi connectivity index (χ0n) is 11.0. The van der Waals surface area contributed by atoms with E-state index >= 15 is 0 Å². The Labute approximate surface area is 122 Å². The second kappa shape index (κ2) is 5.65. The molecule has 0 aliphatic heterocycles. The van der Waals surface area contributed by atoms with Gasteiger partial charge in [0.15, 0.2) is 5.13 Å². The third kappa shape index (κ3) is 3.19. The van der Waals surface area contributed by atoms with Crippen LogP contribution in [-0.4, -0.2) is 35.6 Å². The van der Waals surface area contributed by atoms with Gasteiger partial charge in [0.25, 0.3) is 0 Å². The first-order valence-corrected chi connectivity index (χ1v) is 7.99. The lowest BCUT2D eigenvalue weighted by molar-refractivity contribution is 0.289. The Kier molecular flexibility index (Phi) is 3.91. The van der Waals surface area contributed by atoms with E-state index in [0.29, 0.717) is 0 Å². The van der Waals surface area contributed by atoms with Crippen LogP contribution in [0.5, 0.6) is 0 Å². The number of likely N-dealkylation sites (N-methyl/N-ethyl adjacent to an activating group) is 1. The Morgan fingerprint density at radius 3 is 3.05 bits per heavy atom. The third-order valence-corrected chi connectivity index (χ3v) is 4.71. The fourth-order valence-electron chi connectivity index (χ4n) is 2.32. The number of anilines is 1. The predicted octanol–water partition coefficient (Wildman–Crippen LogP) is 3.85. The summed E-state index contributed by atoms with van der Waals surface area (Å²) in [5.74, 6) is 0. The van der Waals surface area contributed by atoms with Crippen LogP contribution in [0.15, 0.2) is 18.2 Å². The first kappa shape index (κ1) is 13.2. The van der Waals surface area contributed by atoms with Gasteiger partial charge in [-0.05, 0) is 37.6 Å². The lowest BCUT2D eigenvalue weighted by atomic mass is 10.3. The van der Waals surface area contributed by atoms with E-state index in [9.17, 15) is 0 Å². The number of fused-ring (bicyclic) bond motifs is 1. The molecular formula is C14H18ClN3S. The molecule has 1 fully saturated rings. The molecule has 2 aromatic rings. The van der Waals surface area contributed by atoms with E-state index in [1.807, 2.05) is 18.2 Å². The normalized spacial score (nSPS) is 15.3. The number of nitrogens with one attached hydrogen (secondary N) is 1. The van der Waals surface area contributed by atoms with Crippen LogP contribution >= 0.6 is 22.9 Å². The van der Waals surface area contributed by atoms with Crippen molar-refractivity contribution < 1.29 is 0 Å². The molecule has 1 aliphatic carbocycles. The van der Waals surface area contributed by atoms with Crippen LogP contribution in [0.3, 0.4) is 0 Å². The first-order valence-electron chi connectivity index (χ1n) is 6.80. The fourth-order valence-corrected chi connectivity index (χ4v) is 3.49. The van der Waals surface area contributed by atoms with Crippen molar-refractivity contribution in [1.29, 1.82) is 0 Å². The van der Waals surface area contributed by atoms with Crippen molar-refractivity contribution >= 4 is 38.3 Å². The summed E-state index contributed by atoms with van der Waals surface area (Å²) in [6.07, 6.45) is 2.74. The summed E-state index contributed by atoms with van der Waals surface area (Å²) in [4.78, 5) is 7.11. The zero-order chi connectivity index (χ0) is 13.2. The molecule has 1 N–H and O–H groups in total. The summed E-state index contributed by atoms with van der Waals surface area (Å²) in [5.41, 5.74) is 1.02. The molecule has 1 saturated carbocycles. The van der Waals surface area contributed by atoms with Gasteiger partial charge in [0.1, 0.15) is 0 Å². The Morgan fingerprint density at radius 2 is 2.32 bits per heavy atom. The minimum absolute atomic E-state index is 0.772. The molecule has 1 aromatic carbocycles. The molecule has 0 bridgehead atoms. The third-order valence-electron chi connectivity index (χ3n) is 3.50. The lowest BCUT2D eigenvalue weighted by Crippen LogP contribution is -2.30. The zero-order valence-corrected chi connectivity index (χ0v) is 12.6. The molecule has 1 aromatic heterocycles. The minimum Gasteiger partial charge on any atom is -0.360 e. The van der Waals surface area contributed by atoms with Crippen LogP contribution < -0.4 is 5.32 Å². The Bertz CT molecular complexity index is 565. The largest absolute Gasteiger partial charge is 0.360 e. The van der Waals surface area contributed by atoms with Crippen LogP contribution in [-0.2, 0) is 0 Å². The molecular weight excluding hydrogens is 278 g/mol. The molecule has 0 saturated heterocycles. The molecule has 0 spiro atoms. The van der Waals surface area contributed by atoms with Crippen LogP contribution in [0.4, 0.5) is 5.13 Å². The summed E-state index contributed by atoms with van der Waals surface area (Å²) < 4.78 is 1.14. The maximum Gasteiger partial charge on any atom is 0.183 e. The number of aromatic nitrogens is 1. The molecule has 102 valence electrons. The highest BCUT2D eigenvalue weighted by molar-refractivity contribution is 7.22. The topological polar surface area (TPSA) is 28.2 Å². The Balaban J connectivity index is 1.58. The second-order valence-corrected chi connectivity index (χ2v) is 6.38. The molecule has 0 amide bonds. The van der Waals surface area contributed by atoms with Crippen molar-refractivity contribution in [1.82, 2.24) is 9.88 Å². The van der Waals surface area contributed by atoms with Crippen LogP contribution in [0, 0.1) is 0 Å². The van der Waals surface area contributed by atoms with Gasteiger partial charge in [-0.3, -0.25) is 4.90 Å². The predicted molar refractivity (Wildman–Crippen MR) is 83.4 cm³/mol. The van der Waals surface area contributed by atoms with E-state index in [4.69, 9.17) is 11.6 Å². The Hall–Kier alpha value is -0.840. The van der Waals surface area contributed by atoms with Gasteiger partial charge in [-0.1, -0.05) is 29.9 Å². The molecule has 19 heavy (non-hydrogen) atoms. The van der Waals surface area contributed by atoms with E-state index in [-0.39, 0.29) is 0 Å². The van der Waals surface area contributed by atoms with Gasteiger partial charge < -0.3 is 5.32 Å². The maximum atomic E-state index is 5.99. The number of hydrogen-bond donors (Lipinski definition) is 1. The molecule has 0 radical (unpaired) electrons. The summed E-state index contributed by atoms with van der Waals surface area (Å²) >= 11 is 7.66. The molecule has 0 unspecified atom stereocenters. The number of thiazole rings is 1. The average molecular weight is 296 g/mol. The monoisotopic (exact) mass is 295 g/mol. The quantitative estimate of drug-likeness (QED) is 0.877. The van der Waals surface area contributed by atoms with E-state index < -0.39 is 0 Å². The number of hydrogen-bond acceptors (Lipinski definition) is 4. The fraction of sp³-hybridized carbons (Fsp3) is 0.500. The number of nitrogens with zero attached hydrogens (tertiary/aromatic N) is 2. The van der Waals surface area contributed by atoms with Gasteiger partial charge in [0, 0.05) is 24.2 Å². The van der Waals surface area contributed by atoms with E-state index in [1.54, 1.807) is 11.3 Å². The summed E-state index contributed by atoms with van der Waals surface area (Å²) in [6.45, 7) is 5.43. The van der Waals surface area contributed by atoms with Crippen LogP contribution in [0.2, 0.25) is 5.02 Å². The van der Waals surface area contributed by atoms with Gasteiger partial charge in [-0.25, -0.2) is 4.98 Å². The second-order valence-electron chi connectivity index (χ2n) is 4.92. The lowest BCUT2D eigenvalue weighted by Gasteiger charge is -2.19. The smallest absolute Gasteiger partial charge is 0.183 e. The van der Waals surface area contributed by atoms with Crippen molar-refractivity contribution in [3.63, 3.8) is 0 Å².